The highest BCUT2D eigenvalue weighted by Gasteiger charge is 2.20. The minimum atomic E-state index is 0. The fourth-order valence-corrected chi connectivity index (χ4v) is 3.21. The first-order chi connectivity index (χ1) is 12.3. The molecule has 0 aromatic heterocycles. The maximum atomic E-state index is 5.94. The lowest BCUT2D eigenvalue weighted by Crippen LogP contribution is -2.27. The van der Waals surface area contributed by atoms with Crippen LogP contribution in [0.1, 0.15) is 22.8 Å². The van der Waals surface area contributed by atoms with Crippen LogP contribution in [0.4, 0.5) is 0 Å². The third-order valence-electron chi connectivity index (χ3n) is 4.52. The zero-order valence-electron chi connectivity index (χ0n) is 15.4. The van der Waals surface area contributed by atoms with Gasteiger partial charge < -0.3 is 24.3 Å². The largest absolute Gasteiger partial charge is 0.496 e. The van der Waals surface area contributed by atoms with Crippen molar-refractivity contribution in [3.8, 4) is 17.2 Å². The first-order valence-corrected chi connectivity index (χ1v) is 8.45. The molecule has 142 valence electrons. The maximum Gasteiger partial charge on any atom is 0.164 e. The summed E-state index contributed by atoms with van der Waals surface area (Å²) in [7, 11) is 4.91. The quantitative estimate of drug-likeness (QED) is 0.797. The third kappa shape index (κ3) is 4.41. The number of halogens is 1. The fraction of sp³-hybridized carbons (Fsp3) is 0.400. The van der Waals surface area contributed by atoms with Crippen molar-refractivity contribution < 1.29 is 18.9 Å². The summed E-state index contributed by atoms with van der Waals surface area (Å²) in [5.74, 6) is 2.13. The topological polar surface area (TPSA) is 49.0 Å². The van der Waals surface area contributed by atoms with Crippen LogP contribution < -0.4 is 19.5 Å². The van der Waals surface area contributed by atoms with Gasteiger partial charge in [-0.15, -0.1) is 12.4 Å². The monoisotopic (exact) mass is 379 g/mol. The van der Waals surface area contributed by atoms with Crippen LogP contribution in [-0.2, 0) is 17.7 Å². The Bertz CT molecular complexity index is 723. The number of fused-ring (bicyclic) bond motifs is 1. The van der Waals surface area contributed by atoms with Crippen molar-refractivity contribution in [3.05, 3.63) is 53.1 Å². The van der Waals surface area contributed by atoms with Crippen LogP contribution in [0.3, 0.4) is 0 Å². The van der Waals surface area contributed by atoms with Crippen molar-refractivity contribution in [1.29, 1.82) is 0 Å². The van der Waals surface area contributed by atoms with Crippen molar-refractivity contribution in [1.82, 2.24) is 5.32 Å². The number of methoxy groups -OCH3 is 3. The molecule has 0 amide bonds. The van der Waals surface area contributed by atoms with Gasteiger partial charge in [-0.05, 0) is 23.6 Å². The van der Waals surface area contributed by atoms with E-state index in [-0.39, 0.29) is 18.5 Å². The molecule has 26 heavy (non-hydrogen) atoms. The van der Waals surface area contributed by atoms with Crippen LogP contribution in [0, 0.1) is 0 Å². The minimum Gasteiger partial charge on any atom is -0.496 e. The van der Waals surface area contributed by atoms with Crippen molar-refractivity contribution in [2.24, 2.45) is 0 Å². The van der Waals surface area contributed by atoms with Gasteiger partial charge in [0, 0.05) is 24.7 Å². The molecule has 1 N–H and O–H groups in total. The molecule has 1 aliphatic rings. The third-order valence-corrected chi connectivity index (χ3v) is 4.52. The lowest BCUT2D eigenvalue weighted by Gasteiger charge is -2.26. The summed E-state index contributed by atoms with van der Waals surface area (Å²) in [6, 6.07) is 12.3. The molecule has 0 saturated carbocycles. The smallest absolute Gasteiger partial charge is 0.164 e. The molecule has 2 aromatic rings. The van der Waals surface area contributed by atoms with Gasteiger partial charge in [0.15, 0.2) is 11.5 Å². The van der Waals surface area contributed by atoms with E-state index >= 15 is 0 Å². The number of nitrogens with one attached hydrogen (secondary N) is 1. The summed E-state index contributed by atoms with van der Waals surface area (Å²) in [5.41, 5.74) is 3.68. The molecule has 1 unspecified atom stereocenters. The van der Waals surface area contributed by atoms with Crippen molar-refractivity contribution in [3.63, 3.8) is 0 Å². The summed E-state index contributed by atoms with van der Waals surface area (Å²) in [6.45, 7) is 2.17. The molecule has 0 fully saturated rings. The molecule has 3 rings (SSSR count). The summed E-state index contributed by atoms with van der Waals surface area (Å²) in [5, 5.41) is 3.47. The summed E-state index contributed by atoms with van der Waals surface area (Å²) < 4.78 is 22.1. The molecular formula is C20H26ClNO4. The Labute approximate surface area is 161 Å². The van der Waals surface area contributed by atoms with E-state index in [4.69, 9.17) is 18.9 Å². The predicted molar refractivity (Wildman–Crippen MR) is 104 cm³/mol. The highest BCUT2D eigenvalue weighted by atomic mass is 35.5. The molecule has 0 radical (unpaired) electrons. The van der Waals surface area contributed by atoms with Gasteiger partial charge >= 0.3 is 0 Å². The van der Waals surface area contributed by atoms with Gasteiger partial charge in [-0.25, -0.2) is 0 Å². The molecule has 0 bridgehead atoms. The van der Waals surface area contributed by atoms with Gasteiger partial charge in [0.2, 0.25) is 0 Å². The van der Waals surface area contributed by atoms with Gasteiger partial charge in [0.05, 0.1) is 34.0 Å². The number of hydrogen-bond acceptors (Lipinski definition) is 5. The van der Waals surface area contributed by atoms with E-state index in [9.17, 15) is 0 Å². The van der Waals surface area contributed by atoms with Crippen molar-refractivity contribution >= 4 is 12.4 Å². The molecule has 0 spiro atoms. The standard InChI is InChI=1S/C20H25NO4.ClH/c1-22-17-11-19(24-3)18(23-2)10-15(17)12-21-13-20-16-7-5-4-6-14(16)8-9-25-20;/h4-7,10-11,20-21H,8-9,12-13H2,1-3H3;1H. The highest BCUT2D eigenvalue weighted by Crippen LogP contribution is 2.34. The second kappa shape index (κ2) is 9.67. The van der Waals surface area contributed by atoms with Crippen LogP contribution in [0.15, 0.2) is 36.4 Å². The highest BCUT2D eigenvalue weighted by molar-refractivity contribution is 5.85. The lowest BCUT2D eigenvalue weighted by atomic mass is 9.97. The van der Waals surface area contributed by atoms with Crippen molar-refractivity contribution in [2.75, 3.05) is 34.5 Å². The summed E-state index contributed by atoms with van der Waals surface area (Å²) >= 11 is 0. The Morgan fingerprint density at radius 2 is 1.69 bits per heavy atom. The van der Waals surface area contributed by atoms with Crippen LogP contribution >= 0.6 is 12.4 Å². The Morgan fingerprint density at radius 3 is 2.42 bits per heavy atom. The van der Waals surface area contributed by atoms with Crippen LogP contribution in [0.25, 0.3) is 0 Å². The van der Waals surface area contributed by atoms with Crippen molar-refractivity contribution in [2.45, 2.75) is 19.1 Å². The number of rotatable bonds is 7. The molecular weight excluding hydrogens is 354 g/mol. The van der Waals surface area contributed by atoms with Crippen LogP contribution in [0.2, 0.25) is 0 Å². The zero-order valence-corrected chi connectivity index (χ0v) is 16.2. The molecule has 1 heterocycles. The van der Waals surface area contributed by atoms with Gasteiger partial charge in [0.25, 0.3) is 0 Å². The SMILES string of the molecule is COc1cc(OC)c(OC)cc1CNCC1OCCc2ccccc21.Cl. The van der Waals surface area contributed by atoms with Gasteiger partial charge in [-0.1, -0.05) is 24.3 Å². The summed E-state index contributed by atoms with van der Waals surface area (Å²) in [4.78, 5) is 0. The normalized spacial score (nSPS) is 15.6. The van der Waals surface area contributed by atoms with E-state index in [0.29, 0.717) is 18.0 Å². The zero-order chi connectivity index (χ0) is 17.6. The molecule has 0 aliphatic carbocycles. The second-order valence-corrected chi connectivity index (χ2v) is 5.96. The minimum absolute atomic E-state index is 0. The Morgan fingerprint density at radius 1 is 1.00 bits per heavy atom. The van der Waals surface area contributed by atoms with E-state index in [0.717, 1.165) is 30.9 Å². The Kier molecular flexibility index (Phi) is 7.57. The average Bonchev–Trinajstić information content (AvgIpc) is 2.67. The van der Waals surface area contributed by atoms with Gasteiger partial charge in [-0.2, -0.15) is 0 Å². The molecule has 0 saturated heterocycles. The molecule has 6 heteroatoms. The van der Waals surface area contributed by atoms with E-state index in [1.54, 1.807) is 21.3 Å². The first-order valence-electron chi connectivity index (χ1n) is 8.45. The lowest BCUT2D eigenvalue weighted by molar-refractivity contribution is 0.0423. The Balaban J connectivity index is 0.00000243. The van der Waals surface area contributed by atoms with E-state index in [1.807, 2.05) is 12.1 Å². The maximum absolute atomic E-state index is 5.94. The van der Waals surface area contributed by atoms with E-state index in [1.165, 1.54) is 11.1 Å². The molecule has 5 nitrogen and oxygen atoms in total. The predicted octanol–water partition coefficient (Wildman–Crippen LogP) is 3.54. The Hall–Kier alpha value is -1.95. The number of ether oxygens (including phenoxy) is 4. The molecule has 1 atom stereocenters. The number of benzene rings is 2. The van der Waals surface area contributed by atoms with E-state index < -0.39 is 0 Å². The first kappa shape index (κ1) is 20.4. The summed E-state index contributed by atoms with van der Waals surface area (Å²) in [6.07, 6.45) is 1.06. The van der Waals surface area contributed by atoms with E-state index in [2.05, 4.69) is 29.6 Å². The van der Waals surface area contributed by atoms with Gasteiger partial charge in [-0.3, -0.25) is 0 Å². The fourth-order valence-electron chi connectivity index (χ4n) is 3.21. The molecule has 1 aliphatic heterocycles. The molecule has 2 aromatic carbocycles. The second-order valence-electron chi connectivity index (χ2n) is 5.96. The number of hydrogen-bond donors (Lipinski definition) is 1. The average molecular weight is 380 g/mol. The van der Waals surface area contributed by atoms with Crippen LogP contribution in [0.5, 0.6) is 17.2 Å². The van der Waals surface area contributed by atoms with Gasteiger partial charge in [0.1, 0.15) is 5.75 Å². The van der Waals surface area contributed by atoms with Crippen LogP contribution in [-0.4, -0.2) is 34.5 Å².